The number of carbonyl (C=O) groups excluding carboxylic acids is 2. The Kier molecular flexibility index (Phi) is 6.46. The highest BCUT2D eigenvalue weighted by atomic mass is 16.5. The molecule has 0 saturated heterocycles. The number of benzene rings is 1. The summed E-state index contributed by atoms with van der Waals surface area (Å²) in [7, 11) is 0. The molecule has 0 spiro atoms. The van der Waals surface area contributed by atoms with Crippen LogP contribution in [-0.2, 0) is 14.3 Å². The van der Waals surface area contributed by atoms with Gasteiger partial charge in [0.05, 0.1) is 11.2 Å². The van der Waals surface area contributed by atoms with E-state index in [2.05, 4.69) is 11.6 Å². The summed E-state index contributed by atoms with van der Waals surface area (Å²) in [5.74, 6) is -0.814. The Morgan fingerprint density at radius 2 is 2.00 bits per heavy atom. The van der Waals surface area contributed by atoms with Crippen molar-refractivity contribution >= 4 is 28.9 Å². The number of nitrogens with zero attached hydrogens (tertiary/aromatic N) is 2. The largest absolute Gasteiger partial charge is 0.452 e. The second kappa shape index (κ2) is 8.78. The minimum Gasteiger partial charge on any atom is -0.452 e. The Labute approximate surface area is 147 Å². The monoisotopic (exact) mass is 338 g/mol. The Hall–Kier alpha value is -2.95. The minimum absolute atomic E-state index is 0.240. The summed E-state index contributed by atoms with van der Waals surface area (Å²) >= 11 is 0. The standard InChI is InChI=1S/C20H22N2O3/c1-4-22(13-15(2)3)19(23)14-25-20(24)12-11-17-10-9-16-7-5-6-8-18(16)21-17/h5-12H,2,4,13-14H2,1,3H3/b12-11+. The van der Waals surface area contributed by atoms with Gasteiger partial charge >= 0.3 is 5.97 Å². The van der Waals surface area contributed by atoms with Crippen LogP contribution in [0.4, 0.5) is 0 Å². The fraction of sp³-hybridized carbons (Fsp3) is 0.250. The third kappa shape index (κ3) is 5.57. The number of fused-ring (bicyclic) bond motifs is 1. The van der Waals surface area contributed by atoms with E-state index in [9.17, 15) is 9.59 Å². The maximum absolute atomic E-state index is 12.0. The number of carbonyl (C=O) groups is 2. The Balaban J connectivity index is 1.91. The first-order valence-electron chi connectivity index (χ1n) is 8.12. The number of amides is 1. The van der Waals surface area contributed by atoms with Crippen LogP contribution in [0.1, 0.15) is 19.5 Å². The Morgan fingerprint density at radius 1 is 1.24 bits per heavy atom. The number of ether oxygens (including phenoxy) is 1. The quantitative estimate of drug-likeness (QED) is 0.442. The maximum atomic E-state index is 12.0. The molecule has 0 saturated carbocycles. The number of para-hydroxylation sites is 1. The molecule has 0 radical (unpaired) electrons. The van der Waals surface area contributed by atoms with E-state index in [1.807, 2.05) is 50.2 Å². The van der Waals surface area contributed by atoms with E-state index in [1.165, 1.54) is 6.08 Å². The molecular weight excluding hydrogens is 316 g/mol. The van der Waals surface area contributed by atoms with Crippen LogP contribution in [0, 0.1) is 0 Å². The van der Waals surface area contributed by atoms with Gasteiger partial charge < -0.3 is 9.64 Å². The topological polar surface area (TPSA) is 59.5 Å². The summed E-state index contributed by atoms with van der Waals surface area (Å²) in [5.41, 5.74) is 2.38. The van der Waals surface area contributed by atoms with Gasteiger partial charge in [-0.3, -0.25) is 4.79 Å². The summed E-state index contributed by atoms with van der Waals surface area (Å²) in [6, 6.07) is 11.5. The average Bonchev–Trinajstić information content (AvgIpc) is 2.62. The van der Waals surface area contributed by atoms with Crippen LogP contribution in [0.3, 0.4) is 0 Å². The van der Waals surface area contributed by atoms with Crippen molar-refractivity contribution in [3.8, 4) is 0 Å². The fourth-order valence-corrected chi connectivity index (χ4v) is 2.30. The highest BCUT2D eigenvalue weighted by Crippen LogP contribution is 2.12. The molecule has 0 aliphatic heterocycles. The van der Waals surface area contributed by atoms with E-state index in [4.69, 9.17) is 4.74 Å². The third-order valence-electron chi connectivity index (χ3n) is 3.54. The lowest BCUT2D eigenvalue weighted by Gasteiger charge is -2.20. The van der Waals surface area contributed by atoms with Gasteiger partial charge in [-0.05, 0) is 32.1 Å². The van der Waals surface area contributed by atoms with Gasteiger partial charge in [0.25, 0.3) is 5.91 Å². The molecule has 0 N–H and O–H groups in total. The molecule has 25 heavy (non-hydrogen) atoms. The number of pyridine rings is 1. The predicted octanol–water partition coefficient (Wildman–Crippen LogP) is 3.22. The summed E-state index contributed by atoms with van der Waals surface area (Å²) in [6.45, 7) is 8.22. The van der Waals surface area contributed by atoms with Gasteiger partial charge in [0.2, 0.25) is 0 Å². The van der Waals surface area contributed by atoms with Crippen molar-refractivity contribution in [2.45, 2.75) is 13.8 Å². The van der Waals surface area contributed by atoms with Gasteiger partial charge in [0.1, 0.15) is 0 Å². The third-order valence-corrected chi connectivity index (χ3v) is 3.54. The van der Waals surface area contributed by atoms with E-state index < -0.39 is 5.97 Å². The second-order valence-electron chi connectivity index (χ2n) is 5.73. The molecule has 0 atom stereocenters. The lowest BCUT2D eigenvalue weighted by Crippen LogP contribution is -2.35. The summed E-state index contributed by atoms with van der Waals surface area (Å²) < 4.78 is 5.00. The number of likely N-dealkylation sites (N-methyl/N-ethyl adjacent to an activating group) is 1. The minimum atomic E-state index is -0.574. The Morgan fingerprint density at radius 3 is 2.72 bits per heavy atom. The molecule has 2 aromatic rings. The van der Waals surface area contributed by atoms with Crippen LogP contribution in [0.2, 0.25) is 0 Å². The lowest BCUT2D eigenvalue weighted by atomic mass is 10.2. The lowest BCUT2D eigenvalue weighted by molar-refractivity contribution is -0.147. The normalized spacial score (nSPS) is 10.8. The van der Waals surface area contributed by atoms with Crippen molar-refractivity contribution in [1.29, 1.82) is 0 Å². The zero-order valence-electron chi connectivity index (χ0n) is 14.6. The summed E-state index contributed by atoms with van der Waals surface area (Å²) in [4.78, 5) is 29.8. The smallest absolute Gasteiger partial charge is 0.331 e. The highest BCUT2D eigenvalue weighted by molar-refractivity contribution is 5.89. The van der Waals surface area contributed by atoms with Gasteiger partial charge in [-0.2, -0.15) is 0 Å². The van der Waals surface area contributed by atoms with E-state index in [-0.39, 0.29) is 12.5 Å². The van der Waals surface area contributed by atoms with E-state index in [0.29, 0.717) is 18.8 Å². The Bertz CT molecular complexity index is 811. The van der Waals surface area contributed by atoms with Gasteiger partial charge in [-0.25, -0.2) is 9.78 Å². The maximum Gasteiger partial charge on any atom is 0.331 e. The highest BCUT2D eigenvalue weighted by Gasteiger charge is 2.13. The first kappa shape index (κ1) is 18.4. The number of esters is 1. The molecule has 5 heteroatoms. The van der Waals surface area contributed by atoms with Crippen LogP contribution in [-0.4, -0.2) is 41.5 Å². The van der Waals surface area contributed by atoms with Crippen LogP contribution in [0.15, 0.2) is 54.6 Å². The molecule has 0 bridgehead atoms. The van der Waals surface area contributed by atoms with Crippen LogP contribution in [0.5, 0.6) is 0 Å². The number of hydrogen-bond acceptors (Lipinski definition) is 4. The van der Waals surface area contributed by atoms with Gasteiger partial charge in [0, 0.05) is 24.6 Å². The first-order chi connectivity index (χ1) is 12.0. The molecule has 0 aliphatic rings. The first-order valence-corrected chi connectivity index (χ1v) is 8.12. The van der Waals surface area contributed by atoms with E-state index >= 15 is 0 Å². The molecule has 1 heterocycles. The van der Waals surface area contributed by atoms with Gasteiger partial charge in [-0.15, -0.1) is 0 Å². The van der Waals surface area contributed by atoms with Crippen LogP contribution >= 0.6 is 0 Å². The fourth-order valence-electron chi connectivity index (χ4n) is 2.30. The zero-order chi connectivity index (χ0) is 18.2. The van der Waals surface area contributed by atoms with Crippen LogP contribution < -0.4 is 0 Å². The molecule has 0 aliphatic carbocycles. The molecule has 0 unspecified atom stereocenters. The van der Waals surface area contributed by atoms with Crippen molar-refractivity contribution in [2.24, 2.45) is 0 Å². The summed E-state index contributed by atoms with van der Waals surface area (Å²) in [5, 5.41) is 1.03. The van der Waals surface area contributed by atoms with Crippen molar-refractivity contribution in [3.05, 3.63) is 60.3 Å². The second-order valence-corrected chi connectivity index (χ2v) is 5.73. The average molecular weight is 338 g/mol. The van der Waals surface area contributed by atoms with E-state index in [1.54, 1.807) is 11.0 Å². The summed E-state index contributed by atoms with van der Waals surface area (Å²) in [6.07, 6.45) is 2.85. The molecule has 1 aromatic carbocycles. The molecule has 2 rings (SSSR count). The molecular formula is C20H22N2O3. The van der Waals surface area contributed by atoms with Crippen molar-refractivity contribution in [3.63, 3.8) is 0 Å². The van der Waals surface area contributed by atoms with Crippen molar-refractivity contribution in [2.75, 3.05) is 19.7 Å². The number of rotatable bonds is 7. The van der Waals surface area contributed by atoms with Crippen molar-refractivity contribution in [1.82, 2.24) is 9.88 Å². The molecule has 5 nitrogen and oxygen atoms in total. The molecule has 1 amide bonds. The number of aromatic nitrogens is 1. The van der Waals surface area contributed by atoms with Crippen molar-refractivity contribution < 1.29 is 14.3 Å². The van der Waals surface area contributed by atoms with Gasteiger partial charge in [-0.1, -0.05) is 36.4 Å². The van der Waals surface area contributed by atoms with E-state index in [0.717, 1.165) is 16.5 Å². The van der Waals surface area contributed by atoms with Gasteiger partial charge in [0.15, 0.2) is 6.61 Å². The zero-order valence-corrected chi connectivity index (χ0v) is 14.6. The molecule has 1 aromatic heterocycles. The SMILES string of the molecule is C=C(C)CN(CC)C(=O)COC(=O)/C=C/c1ccc2ccccc2n1. The number of hydrogen-bond donors (Lipinski definition) is 0. The molecule has 0 fully saturated rings. The molecule has 130 valence electrons. The predicted molar refractivity (Wildman–Crippen MR) is 98.8 cm³/mol. The van der Waals surface area contributed by atoms with Crippen LogP contribution in [0.25, 0.3) is 17.0 Å².